The predicted octanol–water partition coefficient (Wildman–Crippen LogP) is 6.44. The van der Waals surface area contributed by atoms with E-state index in [2.05, 4.69) is 20.7 Å². The smallest absolute Gasteiger partial charge is 0.299 e. The molecule has 0 radical (unpaired) electrons. The number of halogens is 2. The highest BCUT2D eigenvalue weighted by atomic mass is 35.5. The van der Waals surface area contributed by atoms with Crippen LogP contribution in [0.5, 0.6) is 11.5 Å². The van der Waals surface area contributed by atoms with Crippen molar-refractivity contribution in [3.05, 3.63) is 135 Å². The van der Waals surface area contributed by atoms with Gasteiger partial charge in [0.1, 0.15) is 5.75 Å². The molecule has 0 aliphatic heterocycles. The maximum Gasteiger partial charge on any atom is 0.299 e. The van der Waals surface area contributed by atoms with Gasteiger partial charge in [-0.15, -0.1) is 0 Å². The Morgan fingerprint density at radius 1 is 0.900 bits per heavy atom. The number of anilines is 2. The van der Waals surface area contributed by atoms with Crippen LogP contribution < -0.4 is 20.9 Å². The highest BCUT2D eigenvalue weighted by molar-refractivity contribution is 6.31. The van der Waals surface area contributed by atoms with Gasteiger partial charge in [0.25, 0.3) is 11.5 Å². The Hall–Kier alpha value is -4.66. The topological polar surface area (TPSA) is 98.1 Å². The van der Waals surface area contributed by atoms with Gasteiger partial charge >= 0.3 is 0 Å². The second kappa shape index (κ2) is 12.5. The summed E-state index contributed by atoms with van der Waals surface area (Å²) in [5.41, 5.74) is 1.94. The standard InChI is InChI=1S/C30H23Cl2N5O3/c31-21-7-4-11-25(17-21)37-30(39)28(27(19-35-37)40-26-12-5-8-22(32)18-26)36-24-10-3-6-20(16-24)29(38)34-15-13-23-9-1-2-14-33-23/h1-12,14,16-19,36H,13,15H2,(H,34,38). The van der Waals surface area contributed by atoms with Gasteiger partial charge < -0.3 is 15.4 Å². The SMILES string of the molecule is O=C(NCCc1ccccn1)c1cccc(Nc2c(Oc3cccc(Cl)c3)cnn(-c3cccc(Cl)c3)c2=O)c1. The van der Waals surface area contributed by atoms with Crippen LogP contribution in [-0.2, 0) is 6.42 Å². The number of aromatic nitrogens is 3. The molecule has 0 saturated carbocycles. The largest absolute Gasteiger partial charge is 0.453 e. The number of amides is 1. The van der Waals surface area contributed by atoms with E-state index in [1.165, 1.54) is 10.9 Å². The zero-order valence-electron chi connectivity index (χ0n) is 21.1. The second-order valence-corrected chi connectivity index (χ2v) is 9.55. The van der Waals surface area contributed by atoms with Gasteiger partial charge in [0.05, 0.1) is 11.9 Å². The lowest BCUT2D eigenvalue weighted by Gasteiger charge is -2.15. The molecular weight excluding hydrogens is 549 g/mol. The molecule has 0 aliphatic carbocycles. The van der Waals surface area contributed by atoms with Crippen molar-refractivity contribution in [1.29, 1.82) is 0 Å². The number of nitrogens with zero attached hydrogens (tertiary/aromatic N) is 3. The lowest BCUT2D eigenvalue weighted by molar-refractivity contribution is 0.0954. The minimum Gasteiger partial charge on any atom is -0.453 e. The molecule has 2 aromatic heterocycles. The monoisotopic (exact) mass is 571 g/mol. The van der Waals surface area contributed by atoms with Crippen LogP contribution in [0.3, 0.4) is 0 Å². The van der Waals surface area contributed by atoms with Gasteiger partial charge in [0, 0.05) is 46.2 Å². The molecule has 2 heterocycles. The van der Waals surface area contributed by atoms with E-state index in [9.17, 15) is 9.59 Å². The lowest BCUT2D eigenvalue weighted by atomic mass is 10.1. The van der Waals surface area contributed by atoms with Crippen LogP contribution in [-0.4, -0.2) is 27.2 Å². The van der Waals surface area contributed by atoms with Crippen LogP contribution in [0.2, 0.25) is 10.0 Å². The first kappa shape index (κ1) is 26.9. The fraction of sp³-hybridized carbons (Fsp3) is 0.0667. The van der Waals surface area contributed by atoms with Crippen molar-refractivity contribution in [2.24, 2.45) is 0 Å². The van der Waals surface area contributed by atoms with Gasteiger partial charge in [-0.3, -0.25) is 14.6 Å². The summed E-state index contributed by atoms with van der Waals surface area (Å²) in [6.07, 6.45) is 3.75. The van der Waals surface area contributed by atoms with Gasteiger partial charge in [0.15, 0.2) is 11.4 Å². The minimum atomic E-state index is -0.480. The fourth-order valence-corrected chi connectivity index (χ4v) is 4.28. The molecule has 1 amide bonds. The third-order valence-corrected chi connectivity index (χ3v) is 6.28. The number of benzene rings is 3. The van der Waals surface area contributed by atoms with Gasteiger partial charge in [0.2, 0.25) is 0 Å². The first-order valence-electron chi connectivity index (χ1n) is 12.3. The number of carbonyl (C=O) groups excluding carboxylic acids is 1. The molecular formula is C30H23Cl2N5O3. The average Bonchev–Trinajstić information content (AvgIpc) is 2.96. The number of nitrogens with one attached hydrogen (secondary N) is 2. The lowest BCUT2D eigenvalue weighted by Crippen LogP contribution is -2.26. The summed E-state index contributed by atoms with van der Waals surface area (Å²) in [4.78, 5) is 30.8. The average molecular weight is 572 g/mol. The summed E-state index contributed by atoms with van der Waals surface area (Å²) in [7, 11) is 0. The van der Waals surface area contributed by atoms with E-state index >= 15 is 0 Å². The third kappa shape index (κ3) is 6.66. The molecule has 0 spiro atoms. The first-order valence-corrected chi connectivity index (χ1v) is 13.1. The molecule has 3 aromatic carbocycles. The summed E-state index contributed by atoms with van der Waals surface area (Å²) in [5.74, 6) is 0.357. The number of hydrogen-bond donors (Lipinski definition) is 2. The molecule has 5 rings (SSSR count). The van der Waals surface area contributed by atoms with Crippen molar-refractivity contribution in [3.63, 3.8) is 0 Å². The molecule has 0 atom stereocenters. The molecule has 0 unspecified atom stereocenters. The van der Waals surface area contributed by atoms with Gasteiger partial charge in [-0.05, 0) is 66.7 Å². The van der Waals surface area contributed by atoms with E-state index in [-0.39, 0.29) is 17.3 Å². The number of carbonyl (C=O) groups is 1. The van der Waals surface area contributed by atoms with E-state index < -0.39 is 5.56 Å². The molecule has 0 fully saturated rings. The number of hydrogen-bond acceptors (Lipinski definition) is 6. The van der Waals surface area contributed by atoms with Crippen molar-refractivity contribution in [3.8, 4) is 17.2 Å². The molecule has 10 heteroatoms. The maximum atomic E-state index is 13.7. The minimum absolute atomic E-state index is 0.114. The quantitative estimate of drug-likeness (QED) is 0.211. The van der Waals surface area contributed by atoms with E-state index in [1.54, 1.807) is 79.0 Å². The van der Waals surface area contributed by atoms with Crippen LogP contribution in [0.15, 0.2) is 108 Å². The third-order valence-electron chi connectivity index (χ3n) is 5.81. The first-order chi connectivity index (χ1) is 19.5. The van der Waals surface area contributed by atoms with Gasteiger partial charge in [-0.2, -0.15) is 9.78 Å². The highest BCUT2D eigenvalue weighted by Crippen LogP contribution is 2.30. The normalized spacial score (nSPS) is 10.7. The molecule has 0 aliphatic rings. The number of pyridine rings is 1. The number of ether oxygens (including phenoxy) is 1. The molecule has 5 aromatic rings. The summed E-state index contributed by atoms with van der Waals surface area (Å²) < 4.78 is 7.21. The molecule has 40 heavy (non-hydrogen) atoms. The van der Waals surface area contributed by atoms with Crippen LogP contribution >= 0.6 is 23.2 Å². The molecule has 8 nitrogen and oxygen atoms in total. The second-order valence-electron chi connectivity index (χ2n) is 8.67. The predicted molar refractivity (Wildman–Crippen MR) is 156 cm³/mol. The van der Waals surface area contributed by atoms with Gasteiger partial charge in [-0.25, -0.2) is 0 Å². The summed E-state index contributed by atoms with van der Waals surface area (Å²) >= 11 is 12.3. The highest BCUT2D eigenvalue weighted by Gasteiger charge is 2.17. The van der Waals surface area contributed by atoms with E-state index in [0.717, 1.165) is 5.69 Å². The fourth-order valence-electron chi connectivity index (χ4n) is 3.91. The Morgan fingerprint density at radius 3 is 2.48 bits per heavy atom. The zero-order chi connectivity index (χ0) is 27.9. The van der Waals surface area contributed by atoms with Crippen molar-refractivity contribution in [2.75, 3.05) is 11.9 Å². The van der Waals surface area contributed by atoms with E-state index in [0.29, 0.717) is 45.7 Å². The summed E-state index contributed by atoms with van der Waals surface area (Å²) in [5, 5.41) is 11.3. The maximum absolute atomic E-state index is 13.7. The molecule has 0 bridgehead atoms. The Kier molecular flexibility index (Phi) is 8.39. The molecule has 2 N–H and O–H groups in total. The Morgan fingerprint density at radius 2 is 1.70 bits per heavy atom. The van der Waals surface area contributed by atoms with Gasteiger partial charge in [-0.1, -0.05) is 47.5 Å². The summed E-state index contributed by atoms with van der Waals surface area (Å²) in [6.45, 7) is 0.430. The van der Waals surface area contributed by atoms with Crippen LogP contribution in [0.1, 0.15) is 16.1 Å². The van der Waals surface area contributed by atoms with Crippen molar-refractivity contribution >= 4 is 40.5 Å². The van der Waals surface area contributed by atoms with Crippen LogP contribution in [0.4, 0.5) is 11.4 Å². The Bertz CT molecular complexity index is 1710. The van der Waals surface area contributed by atoms with Crippen molar-refractivity contribution in [1.82, 2.24) is 20.1 Å². The van der Waals surface area contributed by atoms with Crippen molar-refractivity contribution in [2.45, 2.75) is 6.42 Å². The Balaban J connectivity index is 1.43. The van der Waals surface area contributed by atoms with Crippen LogP contribution in [0.25, 0.3) is 5.69 Å². The van der Waals surface area contributed by atoms with Crippen LogP contribution in [0, 0.1) is 0 Å². The van der Waals surface area contributed by atoms with E-state index in [1.807, 2.05) is 18.2 Å². The molecule has 200 valence electrons. The zero-order valence-corrected chi connectivity index (χ0v) is 22.6. The summed E-state index contributed by atoms with van der Waals surface area (Å²) in [6, 6.07) is 26.1. The number of rotatable bonds is 9. The molecule has 0 saturated heterocycles. The Labute approximate surface area is 240 Å². The van der Waals surface area contributed by atoms with E-state index in [4.69, 9.17) is 27.9 Å². The van der Waals surface area contributed by atoms with Crippen molar-refractivity contribution < 1.29 is 9.53 Å².